The highest BCUT2D eigenvalue weighted by Crippen LogP contribution is 2.10. The zero-order valence-electron chi connectivity index (χ0n) is 13.8. The summed E-state index contributed by atoms with van der Waals surface area (Å²) in [6, 6.07) is 9.63. The van der Waals surface area contributed by atoms with Crippen molar-refractivity contribution in [3.63, 3.8) is 0 Å². The number of nitriles is 1. The molecule has 6 heteroatoms. The number of carboxylic acid groups (broad SMARTS) is 1. The number of aryl methyl sites for hydroxylation is 1. The topological polar surface area (TPSA) is 102 Å². The number of rotatable bonds is 10. The molecule has 6 nitrogen and oxygen atoms in total. The summed E-state index contributed by atoms with van der Waals surface area (Å²) in [7, 11) is 0. The van der Waals surface area contributed by atoms with Gasteiger partial charge in [0, 0.05) is 24.9 Å². The molecule has 0 aromatic heterocycles. The molecule has 0 radical (unpaired) electrons. The second kappa shape index (κ2) is 10.8. The number of aliphatic carboxylic acids is 1. The molecule has 24 heavy (non-hydrogen) atoms. The van der Waals surface area contributed by atoms with Crippen LogP contribution in [0.3, 0.4) is 0 Å². The molecule has 0 heterocycles. The molecule has 1 aromatic rings. The lowest BCUT2D eigenvalue weighted by Crippen LogP contribution is -2.26. The Morgan fingerprint density at radius 3 is 2.50 bits per heavy atom. The highest BCUT2D eigenvalue weighted by Gasteiger charge is 2.07. The van der Waals surface area contributed by atoms with Crippen LogP contribution in [-0.4, -0.2) is 23.5 Å². The van der Waals surface area contributed by atoms with Gasteiger partial charge in [-0.2, -0.15) is 5.26 Å². The molecule has 1 aromatic carbocycles. The average molecular weight is 329 g/mol. The highest BCUT2D eigenvalue weighted by molar-refractivity contribution is 5.97. The van der Waals surface area contributed by atoms with Gasteiger partial charge < -0.3 is 15.7 Å². The van der Waals surface area contributed by atoms with Crippen LogP contribution in [0.2, 0.25) is 0 Å². The third-order valence-electron chi connectivity index (χ3n) is 3.46. The van der Waals surface area contributed by atoms with Crippen LogP contribution in [-0.2, 0) is 16.0 Å². The van der Waals surface area contributed by atoms with E-state index in [9.17, 15) is 9.59 Å². The SMILES string of the molecule is CCc1ccc(N/C=C(/C#N)C(=O)NCCCCCC(=O)O)cc1. The molecule has 0 atom stereocenters. The van der Waals surface area contributed by atoms with Gasteiger partial charge in [-0.3, -0.25) is 9.59 Å². The Balaban J connectivity index is 2.39. The summed E-state index contributed by atoms with van der Waals surface area (Å²) in [5, 5.41) is 23.2. The van der Waals surface area contributed by atoms with Gasteiger partial charge in [0.25, 0.3) is 5.91 Å². The summed E-state index contributed by atoms with van der Waals surface area (Å²) in [4.78, 5) is 22.3. The molecule has 128 valence electrons. The van der Waals surface area contributed by atoms with E-state index in [4.69, 9.17) is 10.4 Å². The first-order valence-electron chi connectivity index (χ1n) is 8.02. The van der Waals surface area contributed by atoms with Crippen molar-refractivity contribution in [1.29, 1.82) is 5.26 Å². The number of nitrogens with zero attached hydrogens (tertiary/aromatic N) is 1. The molecule has 1 rings (SSSR count). The Kier molecular flexibility index (Phi) is 8.69. The molecule has 3 N–H and O–H groups in total. The van der Waals surface area contributed by atoms with Crippen LogP contribution in [0.4, 0.5) is 5.69 Å². The molecule has 0 saturated heterocycles. The van der Waals surface area contributed by atoms with E-state index in [0.29, 0.717) is 19.4 Å². The van der Waals surface area contributed by atoms with Gasteiger partial charge in [-0.15, -0.1) is 0 Å². The first-order valence-corrected chi connectivity index (χ1v) is 8.02. The number of anilines is 1. The van der Waals surface area contributed by atoms with Crippen LogP contribution in [0.5, 0.6) is 0 Å². The number of unbranched alkanes of at least 4 members (excludes halogenated alkanes) is 2. The van der Waals surface area contributed by atoms with Crippen molar-refractivity contribution >= 4 is 17.6 Å². The third kappa shape index (κ3) is 7.45. The van der Waals surface area contributed by atoms with Gasteiger partial charge >= 0.3 is 5.97 Å². The Morgan fingerprint density at radius 1 is 1.21 bits per heavy atom. The smallest absolute Gasteiger partial charge is 0.303 e. The van der Waals surface area contributed by atoms with Crippen LogP contribution in [0.1, 0.15) is 38.2 Å². The van der Waals surface area contributed by atoms with Gasteiger partial charge in [0.05, 0.1) is 0 Å². The summed E-state index contributed by atoms with van der Waals surface area (Å²) in [6.07, 6.45) is 4.47. The summed E-state index contributed by atoms with van der Waals surface area (Å²) < 4.78 is 0. The van der Waals surface area contributed by atoms with Gasteiger partial charge in [-0.05, 0) is 37.0 Å². The normalized spacial score (nSPS) is 10.8. The van der Waals surface area contributed by atoms with Gasteiger partial charge in [-0.25, -0.2) is 0 Å². The zero-order chi connectivity index (χ0) is 17.8. The fraction of sp³-hybridized carbons (Fsp3) is 0.389. The van der Waals surface area contributed by atoms with Gasteiger partial charge in [0.2, 0.25) is 0 Å². The van der Waals surface area contributed by atoms with E-state index < -0.39 is 11.9 Å². The number of hydrogen-bond acceptors (Lipinski definition) is 4. The quantitative estimate of drug-likeness (QED) is 0.348. The molecule has 0 bridgehead atoms. The highest BCUT2D eigenvalue weighted by atomic mass is 16.4. The van der Waals surface area contributed by atoms with Crippen molar-refractivity contribution in [2.75, 3.05) is 11.9 Å². The molecular formula is C18H23N3O3. The molecule has 0 aliphatic heterocycles. The lowest BCUT2D eigenvalue weighted by Gasteiger charge is -2.05. The minimum Gasteiger partial charge on any atom is -0.481 e. The number of carboxylic acids is 1. The summed E-state index contributed by atoms with van der Waals surface area (Å²) in [5.74, 6) is -1.25. The summed E-state index contributed by atoms with van der Waals surface area (Å²) >= 11 is 0. The van der Waals surface area contributed by atoms with E-state index in [2.05, 4.69) is 17.6 Å². The van der Waals surface area contributed by atoms with E-state index in [-0.39, 0.29) is 12.0 Å². The zero-order valence-corrected chi connectivity index (χ0v) is 13.8. The van der Waals surface area contributed by atoms with Crippen LogP contribution in [0.15, 0.2) is 36.0 Å². The average Bonchev–Trinajstić information content (AvgIpc) is 2.58. The molecule has 0 fully saturated rings. The maximum absolute atomic E-state index is 11.9. The number of carbonyl (C=O) groups excluding carboxylic acids is 1. The predicted molar refractivity (Wildman–Crippen MR) is 92.3 cm³/mol. The number of carbonyl (C=O) groups is 2. The number of nitrogens with one attached hydrogen (secondary N) is 2. The first-order chi connectivity index (χ1) is 11.6. The summed E-state index contributed by atoms with van der Waals surface area (Å²) in [6.45, 7) is 2.49. The second-order valence-electron chi connectivity index (χ2n) is 5.32. The lowest BCUT2D eigenvalue weighted by molar-refractivity contribution is -0.137. The van der Waals surface area contributed by atoms with Crippen LogP contribution in [0.25, 0.3) is 0 Å². The van der Waals surface area contributed by atoms with Gasteiger partial charge in [-0.1, -0.05) is 25.5 Å². The molecule has 0 aliphatic carbocycles. The van der Waals surface area contributed by atoms with E-state index in [1.807, 2.05) is 30.3 Å². The predicted octanol–water partition coefficient (Wildman–Crippen LogP) is 2.83. The molecule has 0 saturated carbocycles. The first kappa shape index (κ1) is 19.2. The maximum Gasteiger partial charge on any atom is 0.303 e. The lowest BCUT2D eigenvalue weighted by atomic mass is 10.1. The monoisotopic (exact) mass is 329 g/mol. The van der Waals surface area contributed by atoms with E-state index in [1.165, 1.54) is 11.8 Å². The van der Waals surface area contributed by atoms with Crippen LogP contribution in [0, 0.1) is 11.3 Å². The largest absolute Gasteiger partial charge is 0.481 e. The van der Waals surface area contributed by atoms with E-state index in [1.54, 1.807) is 0 Å². The van der Waals surface area contributed by atoms with Crippen molar-refractivity contribution in [1.82, 2.24) is 5.32 Å². The Hall–Kier alpha value is -2.81. The van der Waals surface area contributed by atoms with Crippen molar-refractivity contribution in [3.05, 3.63) is 41.6 Å². The molecule has 1 amide bonds. The fourth-order valence-electron chi connectivity index (χ4n) is 2.02. The summed E-state index contributed by atoms with van der Waals surface area (Å²) in [5.41, 5.74) is 2.02. The Morgan fingerprint density at radius 2 is 1.92 bits per heavy atom. The minimum atomic E-state index is -0.813. The minimum absolute atomic E-state index is 0.0000963. The number of hydrogen-bond donors (Lipinski definition) is 3. The molecule has 0 spiro atoms. The van der Waals surface area contributed by atoms with Crippen molar-refractivity contribution < 1.29 is 14.7 Å². The van der Waals surface area contributed by atoms with Gasteiger partial charge in [0.15, 0.2) is 0 Å². The van der Waals surface area contributed by atoms with Crippen LogP contribution < -0.4 is 10.6 Å². The third-order valence-corrected chi connectivity index (χ3v) is 3.46. The van der Waals surface area contributed by atoms with E-state index >= 15 is 0 Å². The molecule has 0 unspecified atom stereocenters. The van der Waals surface area contributed by atoms with Crippen molar-refractivity contribution in [2.45, 2.75) is 39.0 Å². The standard InChI is InChI=1S/C18H23N3O3/c1-2-14-7-9-16(10-8-14)21-13-15(12-19)18(24)20-11-5-3-4-6-17(22)23/h7-10,13,21H,2-6,11H2,1H3,(H,20,24)(H,22,23)/b15-13-. The van der Waals surface area contributed by atoms with Crippen molar-refractivity contribution in [3.8, 4) is 6.07 Å². The Labute approximate surface area is 142 Å². The fourth-order valence-corrected chi connectivity index (χ4v) is 2.02. The molecular weight excluding hydrogens is 306 g/mol. The van der Waals surface area contributed by atoms with E-state index in [0.717, 1.165) is 18.5 Å². The number of amides is 1. The second-order valence-corrected chi connectivity index (χ2v) is 5.32. The van der Waals surface area contributed by atoms with Gasteiger partial charge in [0.1, 0.15) is 11.6 Å². The Bertz CT molecular complexity index is 615. The maximum atomic E-state index is 11.9. The number of benzene rings is 1. The van der Waals surface area contributed by atoms with Crippen LogP contribution >= 0.6 is 0 Å². The molecule has 0 aliphatic rings. The van der Waals surface area contributed by atoms with Crippen molar-refractivity contribution in [2.24, 2.45) is 0 Å².